The Balaban J connectivity index is 1.35. The number of nitrogens with zero attached hydrogens (tertiary/aromatic N) is 4. The van der Waals surface area contributed by atoms with Crippen molar-refractivity contribution in [2.75, 3.05) is 37.6 Å². The van der Waals surface area contributed by atoms with Gasteiger partial charge in [0.15, 0.2) is 9.84 Å². The molecule has 0 bridgehead atoms. The van der Waals surface area contributed by atoms with Gasteiger partial charge >= 0.3 is 5.97 Å². The van der Waals surface area contributed by atoms with E-state index in [2.05, 4.69) is 35.6 Å². The first-order chi connectivity index (χ1) is 18.7. The Bertz CT molecular complexity index is 1420. The van der Waals surface area contributed by atoms with Crippen molar-refractivity contribution in [1.29, 1.82) is 0 Å². The minimum absolute atomic E-state index is 0.0438. The Morgan fingerprint density at radius 3 is 2.25 bits per heavy atom. The van der Waals surface area contributed by atoms with E-state index in [0.29, 0.717) is 18.4 Å². The summed E-state index contributed by atoms with van der Waals surface area (Å²) in [5, 5.41) is 9.23. The fraction of sp³-hybridized carbons (Fsp3) is 0.536. The largest absolute Gasteiger partial charge is 0.480 e. The summed E-state index contributed by atoms with van der Waals surface area (Å²) in [4.78, 5) is 35.7. The van der Waals surface area contributed by atoms with Crippen molar-refractivity contribution in [3.63, 3.8) is 0 Å². The summed E-state index contributed by atoms with van der Waals surface area (Å²) < 4.78 is 27.5. The van der Waals surface area contributed by atoms with E-state index in [0.717, 1.165) is 31.9 Å². The van der Waals surface area contributed by atoms with Gasteiger partial charge in [0.1, 0.15) is 11.2 Å². The van der Waals surface area contributed by atoms with E-state index in [1.165, 1.54) is 17.2 Å². The van der Waals surface area contributed by atoms with Crippen LogP contribution in [0.5, 0.6) is 0 Å². The fourth-order valence-electron chi connectivity index (χ4n) is 5.90. The highest BCUT2D eigenvalue weighted by Crippen LogP contribution is 2.51. The lowest BCUT2D eigenvalue weighted by Crippen LogP contribution is -2.53. The standard InChI is InChI=1S/C28H34Cl2N4O5S/c1-27(2,3)33-12-10-32(11-13-33)19-5-6-23(21(29)14-19)40(38,39)20-15-22(25(35)36)34(17-20)26(37)28(8-9-28)18-4-7-24(30)31-16-18/h4-7,14,16,20,22H,8-13,15,17H2,1-3H3,(H,35,36)/t20-,22+/m1/s1. The molecule has 2 atom stereocenters. The van der Waals surface area contributed by atoms with Gasteiger partial charge in [0.05, 0.1) is 20.6 Å². The van der Waals surface area contributed by atoms with Crippen molar-refractivity contribution in [1.82, 2.24) is 14.8 Å². The van der Waals surface area contributed by atoms with Crippen LogP contribution in [0.1, 0.15) is 45.6 Å². The summed E-state index contributed by atoms with van der Waals surface area (Å²) >= 11 is 12.5. The van der Waals surface area contributed by atoms with Crippen LogP contribution in [0.4, 0.5) is 5.69 Å². The van der Waals surface area contributed by atoms with Crippen LogP contribution in [-0.4, -0.2) is 89.7 Å². The summed E-state index contributed by atoms with van der Waals surface area (Å²) in [6.45, 7) is 9.71. The minimum Gasteiger partial charge on any atom is -0.480 e. The maximum absolute atomic E-state index is 13.7. The molecular formula is C28H34Cl2N4O5S. The first kappa shape index (κ1) is 29.1. The first-order valence-electron chi connectivity index (χ1n) is 13.4. The second-order valence-corrected chi connectivity index (χ2v) is 14.9. The van der Waals surface area contributed by atoms with Crippen molar-refractivity contribution < 1.29 is 23.1 Å². The highest BCUT2D eigenvalue weighted by molar-refractivity contribution is 7.92. The summed E-state index contributed by atoms with van der Waals surface area (Å²) in [5.41, 5.74) is 0.674. The highest BCUT2D eigenvalue weighted by Gasteiger charge is 2.57. The number of benzene rings is 1. The molecule has 3 fully saturated rings. The Morgan fingerprint density at radius 2 is 1.73 bits per heavy atom. The molecule has 1 aliphatic carbocycles. The molecule has 1 saturated carbocycles. The lowest BCUT2D eigenvalue weighted by molar-refractivity contribution is -0.149. The van der Waals surface area contributed by atoms with E-state index < -0.39 is 38.4 Å². The number of halogens is 2. The van der Waals surface area contributed by atoms with Gasteiger partial charge in [-0.25, -0.2) is 18.2 Å². The number of carboxylic acids is 1. The molecule has 0 unspecified atom stereocenters. The van der Waals surface area contributed by atoms with Crippen LogP contribution in [0.2, 0.25) is 10.2 Å². The van der Waals surface area contributed by atoms with Gasteiger partial charge in [0.25, 0.3) is 0 Å². The molecule has 1 amide bonds. The van der Waals surface area contributed by atoms with E-state index in [9.17, 15) is 23.1 Å². The van der Waals surface area contributed by atoms with E-state index in [1.54, 1.807) is 24.3 Å². The molecule has 12 heteroatoms. The molecule has 9 nitrogen and oxygen atoms in total. The molecule has 2 aromatic rings. The molecule has 1 aromatic carbocycles. The van der Waals surface area contributed by atoms with Gasteiger partial charge in [0.2, 0.25) is 5.91 Å². The topological polar surface area (TPSA) is 111 Å². The van der Waals surface area contributed by atoms with Crippen LogP contribution in [0.3, 0.4) is 0 Å². The number of piperazine rings is 1. The predicted octanol–water partition coefficient (Wildman–Crippen LogP) is 3.87. The quantitative estimate of drug-likeness (QED) is 0.492. The molecule has 0 spiro atoms. The smallest absolute Gasteiger partial charge is 0.326 e. The summed E-state index contributed by atoms with van der Waals surface area (Å²) in [7, 11) is -4.02. The second-order valence-electron chi connectivity index (χ2n) is 11.9. The van der Waals surface area contributed by atoms with Crippen molar-refractivity contribution in [2.45, 2.75) is 67.2 Å². The zero-order valence-corrected chi connectivity index (χ0v) is 25.1. The van der Waals surface area contributed by atoms with Gasteiger partial charge in [0, 0.05) is 50.1 Å². The van der Waals surface area contributed by atoms with Crippen LogP contribution in [0.15, 0.2) is 41.4 Å². The van der Waals surface area contributed by atoms with Crippen molar-refractivity contribution in [2.24, 2.45) is 0 Å². The molecule has 216 valence electrons. The number of carbonyl (C=O) groups is 2. The molecule has 5 rings (SSSR count). The third-order valence-electron chi connectivity index (χ3n) is 8.50. The number of hydrogen-bond donors (Lipinski definition) is 1. The molecule has 2 saturated heterocycles. The molecule has 1 N–H and O–H groups in total. The molecular weight excluding hydrogens is 575 g/mol. The number of hydrogen-bond acceptors (Lipinski definition) is 7. The summed E-state index contributed by atoms with van der Waals surface area (Å²) in [6.07, 6.45) is 2.39. The number of amides is 1. The average molecular weight is 610 g/mol. The Labute approximate surface area is 245 Å². The number of anilines is 1. The number of sulfone groups is 1. The molecule has 0 radical (unpaired) electrons. The molecule has 3 aliphatic rings. The van der Waals surface area contributed by atoms with E-state index in [1.807, 2.05) is 0 Å². The van der Waals surface area contributed by atoms with Gasteiger partial charge < -0.3 is 14.9 Å². The van der Waals surface area contributed by atoms with Gasteiger partial charge in [-0.15, -0.1) is 0 Å². The van der Waals surface area contributed by atoms with Gasteiger partial charge in [-0.2, -0.15) is 0 Å². The minimum atomic E-state index is -4.02. The summed E-state index contributed by atoms with van der Waals surface area (Å²) in [6, 6.07) is 6.98. The number of carboxylic acid groups (broad SMARTS) is 1. The molecule has 3 heterocycles. The molecule has 1 aromatic heterocycles. The number of carbonyl (C=O) groups excluding carboxylic acids is 1. The maximum atomic E-state index is 13.7. The third-order valence-corrected chi connectivity index (χ3v) is 11.3. The van der Waals surface area contributed by atoms with E-state index >= 15 is 0 Å². The molecule has 40 heavy (non-hydrogen) atoms. The number of likely N-dealkylation sites (tertiary alicyclic amines) is 1. The average Bonchev–Trinajstić information content (AvgIpc) is 3.58. The van der Waals surface area contributed by atoms with Crippen molar-refractivity contribution >= 4 is 50.6 Å². The number of rotatable bonds is 6. The summed E-state index contributed by atoms with van der Waals surface area (Å²) in [5.74, 6) is -1.62. The second kappa shape index (κ2) is 10.5. The zero-order chi connectivity index (χ0) is 29.0. The van der Waals surface area contributed by atoms with Crippen LogP contribution in [-0.2, 0) is 24.8 Å². The number of aliphatic carboxylic acids is 1. The number of pyridine rings is 1. The maximum Gasteiger partial charge on any atom is 0.326 e. The lowest BCUT2D eigenvalue weighted by atomic mass is 9.95. The zero-order valence-electron chi connectivity index (χ0n) is 22.8. The Hall–Kier alpha value is -2.40. The SMILES string of the molecule is CC(C)(C)N1CCN(c2ccc(S(=O)(=O)[C@@H]3C[C@@H](C(=O)O)N(C(=O)C4(c5ccc(Cl)nc5)CC4)C3)c(Cl)c2)CC1. The van der Waals surface area contributed by atoms with Gasteiger partial charge in [-0.05, 0) is 69.9 Å². The predicted molar refractivity (Wildman–Crippen MR) is 154 cm³/mol. The van der Waals surface area contributed by atoms with Crippen LogP contribution < -0.4 is 4.90 Å². The van der Waals surface area contributed by atoms with Crippen molar-refractivity contribution in [3.8, 4) is 0 Å². The van der Waals surface area contributed by atoms with E-state index in [-0.39, 0.29) is 33.6 Å². The first-order valence-corrected chi connectivity index (χ1v) is 15.7. The fourth-order valence-corrected chi connectivity index (χ4v) is 8.25. The van der Waals surface area contributed by atoms with Gasteiger partial charge in [-0.1, -0.05) is 29.3 Å². The van der Waals surface area contributed by atoms with Gasteiger partial charge in [-0.3, -0.25) is 9.69 Å². The highest BCUT2D eigenvalue weighted by atomic mass is 35.5. The molecule has 2 aliphatic heterocycles. The third kappa shape index (κ3) is 5.31. The Morgan fingerprint density at radius 1 is 1.05 bits per heavy atom. The Kier molecular flexibility index (Phi) is 7.61. The monoisotopic (exact) mass is 608 g/mol. The van der Waals surface area contributed by atoms with Crippen LogP contribution in [0, 0.1) is 0 Å². The van der Waals surface area contributed by atoms with Crippen LogP contribution in [0.25, 0.3) is 0 Å². The lowest BCUT2D eigenvalue weighted by Gasteiger charge is -2.43. The van der Waals surface area contributed by atoms with Crippen molar-refractivity contribution in [3.05, 3.63) is 52.3 Å². The van der Waals surface area contributed by atoms with E-state index in [4.69, 9.17) is 23.2 Å². The van der Waals surface area contributed by atoms with Crippen LogP contribution >= 0.6 is 23.2 Å². The number of aromatic nitrogens is 1. The normalized spacial score (nSPS) is 23.3.